The monoisotopic (exact) mass is 300 g/mol. The van der Waals surface area contributed by atoms with E-state index in [1.165, 1.54) is 11.1 Å². The minimum absolute atomic E-state index is 0.0407. The molecule has 0 aliphatic heterocycles. The van der Waals surface area contributed by atoms with Crippen LogP contribution < -0.4 is 0 Å². The number of aliphatic hydroxyl groups is 1. The summed E-state index contributed by atoms with van der Waals surface area (Å²) in [5.74, 6) is 0. The van der Waals surface area contributed by atoms with Gasteiger partial charge in [-0.15, -0.1) is 0 Å². The van der Waals surface area contributed by atoms with Gasteiger partial charge < -0.3 is 9.51 Å². The smallest absolute Gasteiger partial charge is 0.137 e. The molecule has 2 aromatic carbocycles. The zero-order valence-corrected chi connectivity index (χ0v) is 12.6. The lowest BCUT2D eigenvalue weighted by Gasteiger charge is -2.05. The van der Waals surface area contributed by atoms with Crippen molar-refractivity contribution in [2.45, 2.75) is 6.61 Å². The van der Waals surface area contributed by atoms with Crippen LogP contribution in [0.4, 0.5) is 0 Å². The van der Waals surface area contributed by atoms with Crippen LogP contribution in [0.1, 0.15) is 5.69 Å². The lowest BCUT2D eigenvalue weighted by Crippen LogP contribution is -1.93. The molecule has 112 valence electrons. The lowest BCUT2D eigenvalue weighted by molar-refractivity contribution is 0.276. The van der Waals surface area contributed by atoms with E-state index in [1.807, 2.05) is 47.0 Å². The van der Waals surface area contributed by atoms with Crippen molar-refractivity contribution in [1.29, 1.82) is 0 Å². The summed E-state index contributed by atoms with van der Waals surface area (Å²) in [5.41, 5.74) is 5.86. The number of benzene rings is 2. The highest BCUT2D eigenvalue weighted by Crippen LogP contribution is 2.27. The highest BCUT2D eigenvalue weighted by molar-refractivity contribution is 5.71. The molecular weight excluding hydrogens is 284 g/mol. The van der Waals surface area contributed by atoms with Crippen molar-refractivity contribution in [3.05, 3.63) is 84.7 Å². The van der Waals surface area contributed by atoms with Gasteiger partial charge in [-0.05, 0) is 23.3 Å². The Bertz CT molecular complexity index is 940. The van der Waals surface area contributed by atoms with Crippen molar-refractivity contribution in [2.24, 2.45) is 0 Å². The Labute approximate surface area is 134 Å². The standard InChI is InChI=1S/C20H16N2O/c23-14-18-20(21-19-8-4-5-13-22(18)19)17-11-9-16(10-12-17)15-6-2-1-3-7-15/h1-13,23H,14H2. The maximum Gasteiger partial charge on any atom is 0.137 e. The molecule has 0 spiro atoms. The fourth-order valence-electron chi connectivity index (χ4n) is 2.88. The number of fused-ring (bicyclic) bond motifs is 1. The first-order valence-electron chi connectivity index (χ1n) is 7.59. The number of nitrogens with zero attached hydrogens (tertiary/aromatic N) is 2. The molecule has 0 saturated heterocycles. The van der Waals surface area contributed by atoms with Gasteiger partial charge in [0.2, 0.25) is 0 Å². The second-order valence-electron chi connectivity index (χ2n) is 5.44. The van der Waals surface area contributed by atoms with Gasteiger partial charge in [0, 0.05) is 11.8 Å². The van der Waals surface area contributed by atoms with Gasteiger partial charge in [-0.3, -0.25) is 0 Å². The third-order valence-corrected chi connectivity index (χ3v) is 4.04. The Morgan fingerprint density at radius 2 is 1.39 bits per heavy atom. The predicted octanol–water partition coefficient (Wildman–Crippen LogP) is 4.16. The molecule has 2 aromatic heterocycles. The summed E-state index contributed by atoms with van der Waals surface area (Å²) in [6.45, 7) is -0.0407. The van der Waals surface area contributed by atoms with Crippen LogP contribution in [0.5, 0.6) is 0 Å². The molecular formula is C20H16N2O. The molecule has 0 bridgehead atoms. The zero-order chi connectivity index (χ0) is 15.6. The number of rotatable bonds is 3. The van der Waals surface area contributed by atoms with Crippen molar-refractivity contribution in [3.8, 4) is 22.4 Å². The topological polar surface area (TPSA) is 37.5 Å². The van der Waals surface area contributed by atoms with E-state index in [0.717, 1.165) is 22.6 Å². The van der Waals surface area contributed by atoms with Crippen LogP contribution in [0.15, 0.2) is 79.0 Å². The maximum atomic E-state index is 9.74. The third-order valence-electron chi connectivity index (χ3n) is 4.04. The van der Waals surface area contributed by atoms with E-state index < -0.39 is 0 Å². The van der Waals surface area contributed by atoms with Crippen molar-refractivity contribution in [2.75, 3.05) is 0 Å². The number of imidazole rings is 1. The Hall–Kier alpha value is -2.91. The Morgan fingerprint density at radius 1 is 0.739 bits per heavy atom. The molecule has 0 unspecified atom stereocenters. The molecule has 4 rings (SSSR count). The minimum atomic E-state index is -0.0407. The molecule has 4 aromatic rings. The van der Waals surface area contributed by atoms with Crippen molar-refractivity contribution < 1.29 is 5.11 Å². The van der Waals surface area contributed by atoms with E-state index in [0.29, 0.717) is 0 Å². The predicted molar refractivity (Wildman–Crippen MR) is 92.0 cm³/mol. The second kappa shape index (κ2) is 5.71. The molecule has 3 heteroatoms. The molecule has 3 nitrogen and oxygen atoms in total. The molecule has 0 fully saturated rings. The molecule has 0 atom stereocenters. The highest BCUT2D eigenvalue weighted by atomic mass is 16.3. The fourth-order valence-corrected chi connectivity index (χ4v) is 2.88. The van der Waals surface area contributed by atoms with Crippen LogP contribution in [0.3, 0.4) is 0 Å². The van der Waals surface area contributed by atoms with Gasteiger partial charge in [0.1, 0.15) is 5.65 Å². The van der Waals surface area contributed by atoms with Crippen LogP contribution in [0, 0.1) is 0 Å². The Balaban J connectivity index is 1.79. The molecule has 23 heavy (non-hydrogen) atoms. The minimum Gasteiger partial charge on any atom is -0.390 e. The molecule has 1 N–H and O–H groups in total. The van der Waals surface area contributed by atoms with Crippen molar-refractivity contribution >= 4 is 5.65 Å². The molecule has 0 aliphatic rings. The third kappa shape index (κ3) is 2.41. The van der Waals surface area contributed by atoms with Crippen LogP contribution in [0.2, 0.25) is 0 Å². The average molecular weight is 300 g/mol. The summed E-state index contributed by atoms with van der Waals surface area (Å²) in [6, 6.07) is 24.4. The van der Waals surface area contributed by atoms with Gasteiger partial charge >= 0.3 is 0 Å². The van der Waals surface area contributed by atoms with Gasteiger partial charge in [-0.25, -0.2) is 4.98 Å². The van der Waals surface area contributed by atoms with E-state index in [4.69, 9.17) is 0 Å². The number of pyridine rings is 1. The number of aromatic nitrogens is 2. The molecule has 0 aliphatic carbocycles. The lowest BCUT2D eigenvalue weighted by atomic mass is 10.0. The van der Waals surface area contributed by atoms with Gasteiger partial charge in [0.15, 0.2) is 0 Å². The highest BCUT2D eigenvalue weighted by Gasteiger charge is 2.12. The Kier molecular flexibility index (Phi) is 3.41. The van der Waals surface area contributed by atoms with Gasteiger partial charge in [-0.2, -0.15) is 0 Å². The molecule has 2 heterocycles. The molecule has 0 amide bonds. The van der Waals surface area contributed by atoms with Crippen LogP contribution in [0.25, 0.3) is 28.0 Å². The summed E-state index contributed by atoms with van der Waals surface area (Å²) >= 11 is 0. The van der Waals surface area contributed by atoms with Crippen LogP contribution in [-0.2, 0) is 6.61 Å². The van der Waals surface area contributed by atoms with Crippen LogP contribution in [-0.4, -0.2) is 14.5 Å². The SMILES string of the molecule is OCc1c(-c2ccc(-c3ccccc3)cc2)nc2ccccn12. The molecule has 0 radical (unpaired) electrons. The second-order valence-corrected chi connectivity index (χ2v) is 5.44. The first-order chi connectivity index (χ1) is 11.4. The first kappa shape index (κ1) is 13.7. The largest absolute Gasteiger partial charge is 0.390 e. The van der Waals surface area contributed by atoms with Crippen LogP contribution >= 0.6 is 0 Å². The van der Waals surface area contributed by atoms with E-state index in [2.05, 4.69) is 41.4 Å². The normalized spacial score (nSPS) is 11.0. The van der Waals surface area contributed by atoms with E-state index in [-0.39, 0.29) is 6.61 Å². The fraction of sp³-hybridized carbons (Fsp3) is 0.0500. The maximum absolute atomic E-state index is 9.74. The molecule has 0 saturated carbocycles. The van der Waals surface area contributed by atoms with Crippen molar-refractivity contribution in [1.82, 2.24) is 9.38 Å². The van der Waals surface area contributed by atoms with E-state index in [1.54, 1.807) is 0 Å². The van der Waals surface area contributed by atoms with Gasteiger partial charge in [0.05, 0.1) is 18.0 Å². The van der Waals surface area contributed by atoms with Gasteiger partial charge in [0.25, 0.3) is 0 Å². The summed E-state index contributed by atoms with van der Waals surface area (Å²) < 4.78 is 1.93. The number of hydrogen-bond acceptors (Lipinski definition) is 2. The summed E-state index contributed by atoms with van der Waals surface area (Å²) in [6.07, 6.45) is 1.93. The number of aliphatic hydroxyl groups excluding tert-OH is 1. The zero-order valence-electron chi connectivity index (χ0n) is 12.6. The first-order valence-corrected chi connectivity index (χ1v) is 7.59. The Morgan fingerprint density at radius 3 is 2.13 bits per heavy atom. The summed E-state index contributed by atoms with van der Waals surface area (Å²) in [5, 5.41) is 9.74. The quantitative estimate of drug-likeness (QED) is 0.617. The van der Waals surface area contributed by atoms with Crippen molar-refractivity contribution in [3.63, 3.8) is 0 Å². The van der Waals surface area contributed by atoms with E-state index in [9.17, 15) is 5.11 Å². The number of hydrogen-bond donors (Lipinski definition) is 1. The summed E-state index contributed by atoms with van der Waals surface area (Å²) in [4.78, 5) is 4.66. The van der Waals surface area contributed by atoms with Gasteiger partial charge in [-0.1, -0.05) is 60.7 Å². The average Bonchev–Trinajstić information content (AvgIpc) is 3.01. The summed E-state index contributed by atoms with van der Waals surface area (Å²) in [7, 11) is 0. The van der Waals surface area contributed by atoms with E-state index >= 15 is 0 Å².